The standard InChI is InChI=1S/C30H36N4O5/c1-4-37-26-17-22(18-27(38-5-2)29(26)34-12-6-7-13-34)20-33-14-10-23(11-15-33)31-30-32-24-16-21(19-28(35)36-3)8-9-25(24)39-30/h6-9,12-13,16-18,23H,4-5,10-11,14-15,19-20H2,1-3H3,(H,31,32). The monoisotopic (exact) mass is 532 g/mol. The molecule has 1 fully saturated rings. The maximum atomic E-state index is 11.6. The first-order valence-corrected chi connectivity index (χ1v) is 13.6. The first-order chi connectivity index (χ1) is 19.1. The van der Waals surface area contributed by atoms with E-state index in [1.807, 2.05) is 61.1 Å². The third kappa shape index (κ3) is 6.37. The Bertz CT molecular complexity index is 1360. The number of carbonyl (C=O) groups excluding carboxylic acids is 1. The lowest BCUT2D eigenvalue weighted by Gasteiger charge is -2.32. The minimum Gasteiger partial charge on any atom is -0.492 e. The van der Waals surface area contributed by atoms with Crippen molar-refractivity contribution in [2.24, 2.45) is 0 Å². The molecule has 0 saturated carbocycles. The molecule has 2 aromatic heterocycles. The number of hydrogen-bond donors (Lipinski definition) is 1. The summed E-state index contributed by atoms with van der Waals surface area (Å²) < 4.78 is 24.8. The van der Waals surface area contributed by atoms with Crippen LogP contribution in [0.2, 0.25) is 0 Å². The van der Waals surface area contributed by atoms with E-state index in [0.717, 1.165) is 60.7 Å². The van der Waals surface area contributed by atoms with Gasteiger partial charge in [-0.3, -0.25) is 9.69 Å². The van der Waals surface area contributed by atoms with Crippen LogP contribution in [0, 0.1) is 0 Å². The topological polar surface area (TPSA) is 91.0 Å². The molecule has 0 radical (unpaired) electrons. The molecule has 0 atom stereocenters. The fourth-order valence-corrected chi connectivity index (χ4v) is 5.05. The molecule has 0 amide bonds. The second kappa shape index (κ2) is 12.3. The van der Waals surface area contributed by atoms with E-state index in [-0.39, 0.29) is 18.4 Å². The predicted octanol–water partition coefficient (Wildman–Crippen LogP) is 5.21. The summed E-state index contributed by atoms with van der Waals surface area (Å²) in [7, 11) is 1.39. The summed E-state index contributed by atoms with van der Waals surface area (Å²) in [6.45, 7) is 7.91. The number of oxazole rings is 1. The second-order valence-corrected chi connectivity index (χ2v) is 9.67. The predicted molar refractivity (Wildman–Crippen MR) is 150 cm³/mol. The van der Waals surface area contributed by atoms with Crippen LogP contribution in [0.4, 0.5) is 6.01 Å². The molecule has 3 heterocycles. The van der Waals surface area contributed by atoms with E-state index in [2.05, 4.69) is 27.3 Å². The van der Waals surface area contributed by atoms with Crippen LogP contribution in [0.15, 0.2) is 59.3 Å². The highest BCUT2D eigenvalue weighted by molar-refractivity contribution is 5.78. The van der Waals surface area contributed by atoms with Crippen LogP contribution in [-0.2, 0) is 22.5 Å². The number of ether oxygens (including phenoxy) is 3. The lowest BCUT2D eigenvalue weighted by molar-refractivity contribution is -0.139. The summed E-state index contributed by atoms with van der Waals surface area (Å²) in [5, 5.41) is 3.46. The number of esters is 1. The van der Waals surface area contributed by atoms with E-state index in [0.29, 0.717) is 24.8 Å². The number of hydrogen-bond acceptors (Lipinski definition) is 8. The number of likely N-dealkylation sites (tertiary alicyclic amines) is 1. The molecule has 206 valence electrons. The minimum atomic E-state index is -0.275. The number of fused-ring (bicyclic) bond motifs is 1. The number of nitrogens with zero attached hydrogens (tertiary/aromatic N) is 3. The number of benzene rings is 2. The smallest absolute Gasteiger partial charge is 0.309 e. The highest BCUT2D eigenvalue weighted by atomic mass is 16.5. The highest BCUT2D eigenvalue weighted by Crippen LogP contribution is 2.35. The van der Waals surface area contributed by atoms with Crippen LogP contribution in [0.5, 0.6) is 11.5 Å². The van der Waals surface area contributed by atoms with E-state index in [1.165, 1.54) is 12.7 Å². The number of methoxy groups -OCH3 is 1. The van der Waals surface area contributed by atoms with Crippen molar-refractivity contribution < 1.29 is 23.4 Å². The zero-order valence-electron chi connectivity index (χ0n) is 22.8. The van der Waals surface area contributed by atoms with E-state index in [9.17, 15) is 4.79 Å². The molecule has 1 aliphatic heterocycles. The minimum absolute atomic E-state index is 0.216. The molecule has 9 nitrogen and oxygen atoms in total. The number of carbonyl (C=O) groups is 1. The van der Waals surface area contributed by atoms with E-state index < -0.39 is 0 Å². The van der Waals surface area contributed by atoms with Crippen LogP contribution in [0.25, 0.3) is 16.8 Å². The van der Waals surface area contributed by atoms with Crippen LogP contribution < -0.4 is 14.8 Å². The third-order valence-electron chi connectivity index (χ3n) is 6.91. The van der Waals surface area contributed by atoms with Crippen molar-refractivity contribution in [1.29, 1.82) is 0 Å². The van der Waals surface area contributed by atoms with Gasteiger partial charge in [-0.15, -0.1) is 0 Å². The van der Waals surface area contributed by atoms with Crippen molar-refractivity contribution in [2.75, 3.05) is 38.7 Å². The Hall–Kier alpha value is -3.98. The molecule has 1 N–H and O–H groups in total. The molecule has 1 aliphatic rings. The quantitative estimate of drug-likeness (QED) is 0.263. The third-order valence-corrected chi connectivity index (χ3v) is 6.91. The number of rotatable bonds is 11. The van der Waals surface area contributed by atoms with Crippen LogP contribution >= 0.6 is 0 Å². The van der Waals surface area contributed by atoms with Crippen LogP contribution in [0.1, 0.15) is 37.8 Å². The van der Waals surface area contributed by atoms with Gasteiger partial charge in [0.25, 0.3) is 6.01 Å². The van der Waals surface area contributed by atoms with Gasteiger partial charge >= 0.3 is 5.97 Å². The Balaban J connectivity index is 1.22. The molecule has 4 aromatic rings. The Kier molecular flexibility index (Phi) is 8.36. The zero-order chi connectivity index (χ0) is 27.2. The summed E-state index contributed by atoms with van der Waals surface area (Å²) in [5.41, 5.74) is 4.39. The van der Waals surface area contributed by atoms with Gasteiger partial charge in [0, 0.05) is 38.1 Å². The summed E-state index contributed by atoms with van der Waals surface area (Å²) in [6, 6.07) is 14.7. The van der Waals surface area contributed by atoms with Gasteiger partial charge in [-0.25, -0.2) is 0 Å². The average Bonchev–Trinajstić information content (AvgIpc) is 3.60. The molecule has 39 heavy (non-hydrogen) atoms. The Morgan fingerprint density at radius 2 is 1.72 bits per heavy atom. The lowest BCUT2D eigenvalue weighted by atomic mass is 10.0. The molecule has 2 aromatic carbocycles. The zero-order valence-corrected chi connectivity index (χ0v) is 22.8. The second-order valence-electron chi connectivity index (χ2n) is 9.67. The van der Waals surface area contributed by atoms with Crippen molar-refractivity contribution in [1.82, 2.24) is 14.5 Å². The van der Waals surface area contributed by atoms with Gasteiger partial charge in [0.15, 0.2) is 5.58 Å². The fourth-order valence-electron chi connectivity index (χ4n) is 5.05. The average molecular weight is 533 g/mol. The number of aromatic nitrogens is 2. The first-order valence-electron chi connectivity index (χ1n) is 13.6. The lowest BCUT2D eigenvalue weighted by Crippen LogP contribution is -2.38. The number of nitrogens with one attached hydrogen (secondary N) is 1. The maximum Gasteiger partial charge on any atom is 0.309 e. The van der Waals surface area contributed by atoms with Gasteiger partial charge in [0.05, 0.1) is 26.7 Å². The van der Waals surface area contributed by atoms with Gasteiger partial charge in [-0.2, -0.15) is 4.98 Å². The van der Waals surface area contributed by atoms with Gasteiger partial charge in [0.2, 0.25) is 0 Å². The van der Waals surface area contributed by atoms with Crippen molar-refractivity contribution in [3.63, 3.8) is 0 Å². The van der Waals surface area contributed by atoms with Gasteiger partial charge in [0.1, 0.15) is 22.7 Å². The molecule has 0 bridgehead atoms. The van der Waals surface area contributed by atoms with E-state index >= 15 is 0 Å². The molecule has 0 aliphatic carbocycles. The normalized spacial score (nSPS) is 14.4. The molecular weight excluding hydrogens is 496 g/mol. The molecule has 0 spiro atoms. The molecule has 9 heteroatoms. The maximum absolute atomic E-state index is 11.6. The summed E-state index contributed by atoms with van der Waals surface area (Å²) in [4.78, 5) is 18.6. The van der Waals surface area contributed by atoms with Crippen LogP contribution in [-0.4, -0.2) is 59.9 Å². The molecule has 1 saturated heterocycles. The number of piperidine rings is 1. The largest absolute Gasteiger partial charge is 0.492 e. The summed E-state index contributed by atoms with van der Waals surface area (Å²) in [6.07, 6.45) is 6.19. The highest BCUT2D eigenvalue weighted by Gasteiger charge is 2.22. The van der Waals surface area contributed by atoms with Crippen molar-refractivity contribution >= 4 is 23.1 Å². The van der Waals surface area contributed by atoms with E-state index in [4.69, 9.17) is 18.6 Å². The Morgan fingerprint density at radius 1 is 1.03 bits per heavy atom. The fraction of sp³-hybridized carbons (Fsp3) is 0.400. The molecule has 5 rings (SSSR count). The summed E-state index contributed by atoms with van der Waals surface area (Å²) >= 11 is 0. The Morgan fingerprint density at radius 3 is 2.36 bits per heavy atom. The SMILES string of the molecule is CCOc1cc(CN2CCC(Nc3nc4cc(CC(=O)OC)ccc4o3)CC2)cc(OCC)c1-n1cccc1. The number of anilines is 1. The van der Waals surface area contributed by atoms with Crippen molar-refractivity contribution in [3.05, 3.63) is 66.0 Å². The van der Waals surface area contributed by atoms with Gasteiger partial charge < -0.3 is 28.5 Å². The molecular formula is C30H36N4O5. The van der Waals surface area contributed by atoms with Gasteiger partial charge in [-0.05, 0) is 74.2 Å². The first kappa shape index (κ1) is 26.6. The van der Waals surface area contributed by atoms with Crippen LogP contribution in [0.3, 0.4) is 0 Å². The molecule has 0 unspecified atom stereocenters. The van der Waals surface area contributed by atoms with Crippen molar-refractivity contribution in [2.45, 2.75) is 45.7 Å². The van der Waals surface area contributed by atoms with E-state index in [1.54, 1.807) is 0 Å². The summed E-state index contributed by atoms with van der Waals surface area (Å²) in [5.74, 6) is 1.39. The van der Waals surface area contributed by atoms with Crippen molar-refractivity contribution in [3.8, 4) is 17.2 Å². The Labute approximate surface area is 228 Å². The van der Waals surface area contributed by atoms with Gasteiger partial charge in [-0.1, -0.05) is 6.07 Å².